The number of nitrogens with zero attached hydrogens (tertiary/aromatic N) is 2. The molecule has 1 aliphatic heterocycles. The van der Waals surface area contributed by atoms with Crippen LogP contribution in [0.2, 0.25) is 0 Å². The van der Waals surface area contributed by atoms with Crippen molar-refractivity contribution < 1.29 is 4.57 Å². The third kappa shape index (κ3) is 3.00. The fraction of sp³-hybridized carbons (Fsp3) is 0.222. The van der Waals surface area contributed by atoms with Crippen LogP contribution in [-0.4, -0.2) is 23.3 Å². The zero-order valence-electron chi connectivity index (χ0n) is 14.7. The summed E-state index contributed by atoms with van der Waals surface area (Å²) in [7, 11) is -3.34. The summed E-state index contributed by atoms with van der Waals surface area (Å²) in [5, 5.41) is 7.81. The van der Waals surface area contributed by atoms with Gasteiger partial charge in [-0.05, 0) is 62.5 Å². The van der Waals surface area contributed by atoms with Crippen molar-refractivity contribution in [3.05, 3.63) is 54.6 Å². The second kappa shape index (κ2) is 7.74. The molecule has 0 saturated heterocycles. The van der Waals surface area contributed by atoms with Gasteiger partial charge in [0.1, 0.15) is 0 Å². The maximum Gasteiger partial charge on any atom is 0.305 e. The molecular weight excluding hydrogens is 383 g/mol. The molecule has 0 aliphatic carbocycles. The first-order valence-electron chi connectivity index (χ1n) is 8.47. The van der Waals surface area contributed by atoms with E-state index in [0.717, 1.165) is 11.4 Å². The van der Waals surface area contributed by atoms with E-state index in [4.69, 9.17) is 24.4 Å². The predicted octanol–water partition coefficient (Wildman–Crippen LogP) is 3.62. The van der Waals surface area contributed by atoms with Crippen molar-refractivity contribution in [2.45, 2.75) is 13.8 Å². The van der Waals surface area contributed by atoms with Gasteiger partial charge in [-0.1, -0.05) is 30.3 Å². The lowest BCUT2D eigenvalue weighted by atomic mass is 10.2. The van der Waals surface area contributed by atoms with Crippen LogP contribution in [0, 0.1) is 0 Å². The first kappa shape index (κ1) is 18.8. The Morgan fingerprint density at radius 3 is 1.69 bits per heavy atom. The Labute approximate surface area is 164 Å². The van der Waals surface area contributed by atoms with E-state index in [9.17, 15) is 4.57 Å². The van der Waals surface area contributed by atoms with Gasteiger partial charge in [-0.3, -0.25) is 4.57 Å². The van der Waals surface area contributed by atoms with E-state index in [0.29, 0.717) is 28.6 Å². The number of nitrogens with one attached hydrogen (secondary N) is 2. The van der Waals surface area contributed by atoms with Crippen LogP contribution in [0.15, 0.2) is 54.6 Å². The first-order valence-corrected chi connectivity index (χ1v) is 10.9. The molecule has 0 aromatic heterocycles. The maximum absolute atomic E-state index is 14.6. The van der Waals surface area contributed by atoms with Gasteiger partial charge >= 0.3 is 7.44 Å². The lowest BCUT2D eigenvalue weighted by molar-refractivity contribution is 0.583. The Balaban J connectivity index is 2.26. The van der Waals surface area contributed by atoms with Crippen molar-refractivity contribution in [2.75, 3.05) is 22.4 Å². The molecule has 0 fully saturated rings. The van der Waals surface area contributed by atoms with Crippen LogP contribution in [0.4, 0.5) is 11.4 Å². The van der Waals surface area contributed by atoms with Crippen LogP contribution >= 0.6 is 31.9 Å². The highest BCUT2D eigenvalue weighted by Crippen LogP contribution is 2.64. The summed E-state index contributed by atoms with van der Waals surface area (Å²) in [6.07, 6.45) is 0. The van der Waals surface area contributed by atoms with Crippen LogP contribution in [0.5, 0.6) is 0 Å². The van der Waals surface area contributed by atoms with Crippen molar-refractivity contribution >= 4 is 58.8 Å². The van der Waals surface area contributed by atoms with E-state index >= 15 is 0 Å². The molecule has 0 atom stereocenters. The monoisotopic (exact) mass is 404 g/mol. The van der Waals surface area contributed by atoms with E-state index < -0.39 is 7.44 Å². The minimum Gasteiger partial charge on any atom is -0.362 e. The summed E-state index contributed by atoms with van der Waals surface area (Å²) >= 11 is 11.2. The highest BCUT2D eigenvalue weighted by atomic mass is 32.1. The second-order valence-corrected chi connectivity index (χ2v) is 8.84. The van der Waals surface area contributed by atoms with Crippen LogP contribution in [0.3, 0.4) is 0 Å². The first-order chi connectivity index (χ1) is 12.6. The molecule has 2 N–H and O–H groups in total. The van der Waals surface area contributed by atoms with E-state index in [-0.39, 0.29) is 0 Å². The lowest BCUT2D eigenvalue weighted by Gasteiger charge is -2.33. The van der Waals surface area contributed by atoms with Gasteiger partial charge in [0.2, 0.25) is 0 Å². The zero-order valence-corrected chi connectivity index (χ0v) is 17.2. The molecule has 0 spiro atoms. The van der Waals surface area contributed by atoms with E-state index in [1.807, 2.05) is 68.4 Å². The van der Waals surface area contributed by atoms with Crippen molar-refractivity contribution in [1.82, 2.24) is 10.6 Å². The Hall–Kier alpha value is -1.95. The molecule has 1 aliphatic rings. The van der Waals surface area contributed by atoms with Gasteiger partial charge in [-0.2, -0.15) is 0 Å². The number of benzene rings is 2. The van der Waals surface area contributed by atoms with E-state index in [1.54, 1.807) is 9.34 Å². The van der Waals surface area contributed by atoms with Gasteiger partial charge in [0, 0.05) is 13.1 Å². The fourth-order valence-corrected chi connectivity index (χ4v) is 6.88. The van der Waals surface area contributed by atoms with E-state index in [1.165, 1.54) is 0 Å². The van der Waals surface area contributed by atoms with Crippen LogP contribution in [0.25, 0.3) is 0 Å². The van der Waals surface area contributed by atoms with Crippen LogP contribution in [-0.2, 0) is 4.57 Å². The minimum atomic E-state index is -3.34. The van der Waals surface area contributed by atoms with Crippen molar-refractivity contribution in [3.63, 3.8) is 0 Å². The SMILES string of the molecule is CCNC(=S)N1c2ccccc2N(C(=S)NCC)P1(=O)c1ccccc1. The average Bonchev–Trinajstić information content (AvgIpc) is 2.92. The smallest absolute Gasteiger partial charge is 0.305 e. The third-order valence-electron chi connectivity index (χ3n) is 4.01. The third-order valence-corrected chi connectivity index (χ3v) is 7.82. The summed E-state index contributed by atoms with van der Waals surface area (Å²) in [6.45, 7) is 5.21. The number of rotatable bonds is 3. The highest BCUT2D eigenvalue weighted by molar-refractivity contribution is 7.86. The molecule has 26 heavy (non-hydrogen) atoms. The molecule has 2 aromatic rings. The topological polar surface area (TPSA) is 47.6 Å². The van der Waals surface area contributed by atoms with Crippen molar-refractivity contribution in [3.8, 4) is 0 Å². The Bertz CT molecular complexity index is 826. The Kier molecular flexibility index (Phi) is 5.61. The molecule has 8 heteroatoms. The van der Waals surface area contributed by atoms with Gasteiger partial charge in [-0.15, -0.1) is 0 Å². The standard InChI is InChI=1S/C18H21N4OPS2/c1-3-19-17(25)21-15-12-8-9-13-16(15)22(18(26)20-4-2)24(21,23)14-10-6-5-7-11-14/h5-13H,3-4H2,1-2H3,(H,19,25)(H,20,26). The predicted molar refractivity (Wildman–Crippen MR) is 118 cm³/mol. The lowest BCUT2D eigenvalue weighted by Crippen LogP contribution is -2.44. The van der Waals surface area contributed by atoms with Crippen molar-refractivity contribution in [2.24, 2.45) is 0 Å². The molecule has 1 heterocycles. The molecule has 136 valence electrons. The normalized spacial score (nSPS) is 14.7. The fourth-order valence-electron chi connectivity index (χ4n) is 2.97. The van der Waals surface area contributed by atoms with Gasteiger partial charge in [0.15, 0.2) is 10.2 Å². The zero-order chi connectivity index (χ0) is 18.7. The molecule has 0 radical (unpaired) electrons. The number of para-hydroxylation sites is 2. The van der Waals surface area contributed by atoms with Crippen LogP contribution < -0.4 is 25.3 Å². The Morgan fingerprint density at radius 2 is 1.27 bits per heavy atom. The largest absolute Gasteiger partial charge is 0.362 e. The molecule has 0 saturated carbocycles. The molecule has 0 bridgehead atoms. The number of hydrogen-bond acceptors (Lipinski definition) is 3. The van der Waals surface area contributed by atoms with Crippen LogP contribution in [0.1, 0.15) is 13.8 Å². The summed E-state index contributed by atoms with van der Waals surface area (Å²) < 4.78 is 18.0. The molecule has 5 nitrogen and oxygen atoms in total. The maximum atomic E-state index is 14.6. The average molecular weight is 405 g/mol. The molecule has 2 aromatic carbocycles. The minimum absolute atomic E-state index is 0.425. The van der Waals surface area contributed by atoms with Crippen molar-refractivity contribution in [1.29, 1.82) is 0 Å². The molecular formula is C18H21N4OPS2. The summed E-state index contributed by atoms with van der Waals surface area (Å²) in [5.41, 5.74) is 1.57. The van der Waals surface area contributed by atoms with Gasteiger partial charge < -0.3 is 10.6 Å². The number of hydrogen-bond donors (Lipinski definition) is 2. The number of fused-ring (bicyclic) bond motifs is 1. The molecule has 3 rings (SSSR count). The summed E-state index contributed by atoms with van der Waals surface area (Å²) in [4.78, 5) is 0. The van der Waals surface area contributed by atoms with Gasteiger partial charge in [-0.25, -0.2) is 9.34 Å². The quantitative estimate of drug-likeness (QED) is 0.599. The van der Waals surface area contributed by atoms with E-state index in [2.05, 4.69) is 10.6 Å². The number of thiocarbonyl (C=S) groups is 2. The van der Waals surface area contributed by atoms with Gasteiger partial charge in [0.25, 0.3) is 0 Å². The number of anilines is 2. The Morgan fingerprint density at radius 1 is 0.846 bits per heavy atom. The second-order valence-electron chi connectivity index (χ2n) is 5.66. The molecule has 0 amide bonds. The highest BCUT2D eigenvalue weighted by Gasteiger charge is 2.50. The summed E-state index contributed by atoms with van der Waals surface area (Å²) in [5.74, 6) is 0. The van der Waals surface area contributed by atoms with Gasteiger partial charge in [0.05, 0.1) is 16.7 Å². The summed E-state index contributed by atoms with van der Waals surface area (Å²) in [6, 6.07) is 17.0. The molecule has 0 unspecified atom stereocenters.